The maximum Gasteiger partial charge on any atom is 0.407 e. The second-order valence-corrected chi connectivity index (χ2v) is 8.44. The smallest absolute Gasteiger partial charge is 0.407 e. The van der Waals surface area contributed by atoms with Crippen LogP contribution in [0.2, 0.25) is 0 Å². The molecule has 2 amide bonds. The molecule has 0 bridgehead atoms. The van der Waals surface area contributed by atoms with Gasteiger partial charge in [0.2, 0.25) is 5.89 Å². The van der Waals surface area contributed by atoms with Crippen LogP contribution in [0.15, 0.2) is 27.1 Å². The Morgan fingerprint density at radius 3 is 2.70 bits per heavy atom. The molecule has 144 valence electrons. The highest BCUT2D eigenvalue weighted by Crippen LogP contribution is 2.29. The fourth-order valence-electron chi connectivity index (χ4n) is 2.93. The lowest BCUT2D eigenvalue weighted by Crippen LogP contribution is -2.32. The molecular weight excluding hydrogens is 416 g/mol. The van der Waals surface area contributed by atoms with Gasteiger partial charge in [0.05, 0.1) is 6.04 Å². The van der Waals surface area contributed by atoms with E-state index in [1.165, 1.54) is 4.90 Å². The molecule has 0 spiro atoms. The lowest BCUT2D eigenvalue weighted by molar-refractivity contribution is 0.0894. The number of nitrogens with one attached hydrogen (secondary N) is 1. The van der Waals surface area contributed by atoms with E-state index in [0.717, 1.165) is 15.6 Å². The van der Waals surface area contributed by atoms with E-state index in [2.05, 4.69) is 31.4 Å². The highest BCUT2D eigenvalue weighted by Gasteiger charge is 2.29. The molecule has 1 aromatic carbocycles. The Morgan fingerprint density at radius 2 is 2.07 bits per heavy atom. The molecule has 8 nitrogen and oxygen atoms in total. The zero-order valence-corrected chi connectivity index (χ0v) is 16.9. The molecule has 9 heteroatoms. The summed E-state index contributed by atoms with van der Waals surface area (Å²) in [5.74, 6) is -0.187. The number of aromatic nitrogens is 2. The number of fused-ring (bicyclic) bond motifs is 1. The van der Waals surface area contributed by atoms with Gasteiger partial charge in [0.15, 0.2) is 0 Å². The van der Waals surface area contributed by atoms with E-state index in [0.29, 0.717) is 18.9 Å². The number of amides is 2. The number of rotatable bonds is 2. The molecule has 1 aliphatic heterocycles. The first-order valence-corrected chi connectivity index (χ1v) is 9.35. The molecular formula is C18H21BrN4O4. The third-order valence-corrected chi connectivity index (χ3v) is 4.86. The zero-order chi connectivity index (χ0) is 19.8. The lowest BCUT2D eigenvalue weighted by atomic mass is 9.97. The predicted octanol–water partition coefficient (Wildman–Crippen LogP) is 3.48. The molecule has 2 aromatic rings. The van der Waals surface area contributed by atoms with Crippen LogP contribution in [-0.4, -0.2) is 38.7 Å². The van der Waals surface area contributed by atoms with Gasteiger partial charge in [-0.3, -0.25) is 4.79 Å². The van der Waals surface area contributed by atoms with Crippen LogP contribution < -0.4 is 5.32 Å². The molecule has 1 atom stereocenters. The topological polar surface area (TPSA) is 109 Å². The molecule has 0 saturated carbocycles. The van der Waals surface area contributed by atoms with Gasteiger partial charge < -0.3 is 19.7 Å². The van der Waals surface area contributed by atoms with Crippen molar-refractivity contribution in [2.75, 3.05) is 6.54 Å². The molecule has 3 rings (SSSR count). The van der Waals surface area contributed by atoms with Crippen LogP contribution in [0.25, 0.3) is 0 Å². The van der Waals surface area contributed by atoms with Gasteiger partial charge in [0, 0.05) is 23.0 Å². The summed E-state index contributed by atoms with van der Waals surface area (Å²) in [6.07, 6.45) is -0.535. The van der Waals surface area contributed by atoms with Crippen LogP contribution in [0.1, 0.15) is 60.9 Å². The average Bonchev–Trinajstić information content (AvgIpc) is 3.01. The van der Waals surface area contributed by atoms with Crippen molar-refractivity contribution in [3.8, 4) is 0 Å². The van der Waals surface area contributed by atoms with Gasteiger partial charge in [0.1, 0.15) is 0 Å². The highest BCUT2D eigenvalue weighted by molar-refractivity contribution is 9.10. The van der Waals surface area contributed by atoms with Crippen molar-refractivity contribution in [1.82, 2.24) is 20.4 Å². The number of hydrogen-bond donors (Lipinski definition) is 2. The predicted molar refractivity (Wildman–Crippen MR) is 100 cm³/mol. The monoisotopic (exact) mass is 436 g/mol. The first-order chi connectivity index (χ1) is 12.6. The van der Waals surface area contributed by atoms with Crippen molar-refractivity contribution in [3.05, 3.63) is 45.6 Å². The summed E-state index contributed by atoms with van der Waals surface area (Å²) in [5, 5.41) is 20.1. The van der Waals surface area contributed by atoms with Crippen molar-refractivity contribution >= 4 is 27.9 Å². The summed E-state index contributed by atoms with van der Waals surface area (Å²) in [4.78, 5) is 25.4. The summed E-state index contributed by atoms with van der Waals surface area (Å²) in [5.41, 5.74) is 1.37. The van der Waals surface area contributed by atoms with Gasteiger partial charge in [-0.1, -0.05) is 42.8 Å². The molecule has 2 N–H and O–H groups in total. The van der Waals surface area contributed by atoms with Crippen molar-refractivity contribution < 1.29 is 19.1 Å². The molecule has 1 unspecified atom stereocenters. The van der Waals surface area contributed by atoms with E-state index in [1.807, 2.05) is 39.0 Å². The van der Waals surface area contributed by atoms with Crippen LogP contribution in [0.3, 0.4) is 0 Å². The van der Waals surface area contributed by atoms with Crippen LogP contribution in [0.4, 0.5) is 4.79 Å². The van der Waals surface area contributed by atoms with Gasteiger partial charge in [0.25, 0.3) is 0 Å². The van der Waals surface area contributed by atoms with E-state index >= 15 is 0 Å². The summed E-state index contributed by atoms with van der Waals surface area (Å²) in [7, 11) is 0. The molecule has 0 aliphatic carbocycles. The van der Waals surface area contributed by atoms with Crippen LogP contribution in [0, 0.1) is 0 Å². The fourth-order valence-corrected chi connectivity index (χ4v) is 3.34. The maximum atomic E-state index is 12.6. The Hall–Kier alpha value is -2.42. The van der Waals surface area contributed by atoms with Gasteiger partial charge >= 0.3 is 17.9 Å². The summed E-state index contributed by atoms with van der Waals surface area (Å²) >= 11 is 3.42. The van der Waals surface area contributed by atoms with Crippen LogP contribution in [-0.2, 0) is 12.0 Å². The SMILES string of the molecule is CC(C)(C)c1nnc(C(=O)NC2CCN(C(=O)O)Cc3cc(Br)ccc32)o1. The number of halogens is 1. The molecule has 2 heterocycles. The standard InChI is InChI=1S/C18H21BrN4O4/c1-18(2,3)16-22-21-15(27-16)14(24)20-13-6-7-23(17(25)26)9-10-8-11(19)4-5-12(10)13/h4-5,8,13H,6-7,9H2,1-3H3,(H,20,24)(H,25,26). The minimum atomic E-state index is -0.986. The third kappa shape index (κ3) is 4.29. The molecule has 0 fully saturated rings. The first kappa shape index (κ1) is 19.3. The van der Waals surface area contributed by atoms with Crippen molar-refractivity contribution in [2.24, 2.45) is 0 Å². The number of hydrogen-bond acceptors (Lipinski definition) is 5. The third-order valence-electron chi connectivity index (χ3n) is 4.37. The Kier molecular flexibility index (Phi) is 5.23. The Bertz CT molecular complexity index is 874. The number of carboxylic acid groups (broad SMARTS) is 1. The molecule has 0 radical (unpaired) electrons. The Morgan fingerprint density at radius 1 is 1.33 bits per heavy atom. The zero-order valence-electron chi connectivity index (χ0n) is 15.3. The number of nitrogens with zero attached hydrogens (tertiary/aromatic N) is 3. The summed E-state index contributed by atoms with van der Waals surface area (Å²) < 4.78 is 6.35. The van der Waals surface area contributed by atoms with E-state index in [-0.39, 0.29) is 23.9 Å². The van der Waals surface area contributed by atoms with Crippen molar-refractivity contribution in [2.45, 2.75) is 45.2 Å². The van der Waals surface area contributed by atoms with Crippen LogP contribution >= 0.6 is 15.9 Å². The molecule has 1 aliphatic rings. The van der Waals surface area contributed by atoms with Crippen molar-refractivity contribution in [1.29, 1.82) is 0 Å². The van der Waals surface area contributed by atoms with Gasteiger partial charge in [-0.25, -0.2) is 4.79 Å². The summed E-state index contributed by atoms with van der Waals surface area (Å²) in [6, 6.07) is 5.29. The van der Waals surface area contributed by atoms with E-state index in [9.17, 15) is 14.7 Å². The molecule has 0 saturated heterocycles. The molecule has 1 aromatic heterocycles. The van der Waals surface area contributed by atoms with E-state index in [1.54, 1.807) is 0 Å². The van der Waals surface area contributed by atoms with E-state index in [4.69, 9.17) is 4.42 Å². The minimum absolute atomic E-state index is 0.0991. The molecule has 27 heavy (non-hydrogen) atoms. The normalized spacial score (nSPS) is 17.2. The number of benzene rings is 1. The van der Waals surface area contributed by atoms with Gasteiger partial charge in [-0.15, -0.1) is 10.2 Å². The second-order valence-electron chi connectivity index (χ2n) is 7.52. The highest BCUT2D eigenvalue weighted by atomic mass is 79.9. The van der Waals surface area contributed by atoms with Crippen LogP contribution in [0.5, 0.6) is 0 Å². The largest absolute Gasteiger partial charge is 0.465 e. The fraction of sp³-hybridized carbons (Fsp3) is 0.444. The Labute approximate surface area is 165 Å². The summed E-state index contributed by atoms with van der Waals surface area (Å²) in [6.45, 7) is 6.33. The average molecular weight is 437 g/mol. The number of carbonyl (C=O) groups excluding carboxylic acids is 1. The maximum absolute atomic E-state index is 12.6. The Balaban J connectivity index is 1.85. The van der Waals surface area contributed by atoms with Gasteiger partial charge in [-0.05, 0) is 29.7 Å². The second kappa shape index (κ2) is 7.30. The van der Waals surface area contributed by atoms with Gasteiger partial charge in [-0.2, -0.15) is 0 Å². The lowest BCUT2D eigenvalue weighted by Gasteiger charge is -2.18. The number of carbonyl (C=O) groups is 2. The van der Waals surface area contributed by atoms with E-state index < -0.39 is 12.0 Å². The minimum Gasteiger partial charge on any atom is -0.465 e. The first-order valence-electron chi connectivity index (χ1n) is 8.56. The van der Waals surface area contributed by atoms with Crippen molar-refractivity contribution in [3.63, 3.8) is 0 Å². The quantitative estimate of drug-likeness (QED) is 0.745.